The van der Waals surface area contributed by atoms with Crippen LogP contribution in [0.1, 0.15) is 55.1 Å². The lowest BCUT2D eigenvalue weighted by Gasteiger charge is -2.32. The second-order valence-corrected chi connectivity index (χ2v) is 8.83. The molecule has 2 aromatic rings. The zero-order valence-corrected chi connectivity index (χ0v) is 19.2. The molecule has 1 aliphatic heterocycles. The van der Waals surface area contributed by atoms with Crippen molar-refractivity contribution in [3.05, 3.63) is 46.8 Å². The van der Waals surface area contributed by atoms with Gasteiger partial charge in [-0.2, -0.15) is 13.2 Å². The summed E-state index contributed by atoms with van der Waals surface area (Å²) in [6.45, 7) is 9.50. The van der Waals surface area contributed by atoms with Crippen LogP contribution in [-0.2, 0) is 21.5 Å². The molecule has 0 bridgehead atoms. The molecule has 1 fully saturated rings. The number of piperidine rings is 1. The van der Waals surface area contributed by atoms with Crippen LogP contribution in [0.25, 0.3) is 0 Å². The molecule has 0 unspecified atom stereocenters. The third-order valence-electron chi connectivity index (χ3n) is 5.45. The van der Waals surface area contributed by atoms with E-state index in [1.54, 1.807) is 0 Å². The van der Waals surface area contributed by atoms with Gasteiger partial charge < -0.3 is 15.7 Å². The summed E-state index contributed by atoms with van der Waals surface area (Å²) < 4.78 is 33.6. The number of carbonyl (C=O) groups excluding carboxylic acids is 1. The molecule has 1 saturated heterocycles. The van der Waals surface area contributed by atoms with E-state index in [0.717, 1.165) is 37.2 Å². The van der Waals surface area contributed by atoms with Crippen molar-refractivity contribution in [1.82, 2.24) is 19.9 Å². The minimum Gasteiger partial charge on any atom is -0.475 e. The molecule has 0 radical (unpaired) electrons. The van der Waals surface area contributed by atoms with Gasteiger partial charge in [0.2, 0.25) is 5.91 Å². The fourth-order valence-corrected chi connectivity index (χ4v) is 3.40. The number of hydrogen-bond acceptors (Lipinski definition) is 5. The fraction of sp³-hybridized carbons (Fsp3) is 0.545. The molecule has 0 aliphatic carbocycles. The Labute approximate surface area is 190 Å². The molecule has 3 N–H and O–H groups in total. The van der Waals surface area contributed by atoms with Crippen molar-refractivity contribution in [2.24, 2.45) is 5.73 Å². The summed E-state index contributed by atoms with van der Waals surface area (Å²) in [6.07, 6.45) is -0.871. The molecule has 1 aromatic carbocycles. The molecule has 0 atom stereocenters. The number of alkyl halides is 3. The highest BCUT2D eigenvalue weighted by molar-refractivity contribution is 5.79. The normalized spacial score (nSPS) is 15.1. The zero-order chi connectivity index (χ0) is 25.0. The van der Waals surface area contributed by atoms with Gasteiger partial charge in [0, 0.05) is 13.1 Å². The van der Waals surface area contributed by atoms with E-state index in [2.05, 4.69) is 42.4 Å². The minimum absolute atomic E-state index is 0.208. The number of hydrogen-bond donors (Lipinski definition) is 2. The Hall–Kier alpha value is -2.95. The lowest BCUT2D eigenvalue weighted by molar-refractivity contribution is -0.192. The third-order valence-corrected chi connectivity index (χ3v) is 5.45. The molecular weight excluding hydrogens is 439 g/mol. The van der Waals surface area contributed by atoms with E-state index in [4.69, 9.17) is 15.6 Å². The first kappa shape index (κ1) is 26.3. The van der Waals surface area contributed by atoms with E-state index in [0.29, 0.717) is 6.42 Å². The van der Waals surface area contributed by atoms with Crippen LogP contribution >= 0.6 is 0 Å². The van der Waals surface area contributed by atoms with Crippen LogP contribution in [0.5, 0.6) is 0 Å². The maximum absolute atomic E-state index is 12.7. The number of benzene rings is 1. The smallest absolute Gasteiger partial charge is 0.475 e. The first-order valence-corrected chi connectivity index (χ1v) is 10.5. The molecule has 0 spiro atoms. The number of aliphatic carboxylic acids is 1. The average molecular weight is 470 g/mol. The van der Waals surface area contributed by atoms with Crippen LogP contribution < -0.4 is 5.73 Å². The number of rotatable bonds is 4. The maximum Gasteiger partial charge on any atom is 0.490 e. The van der Waals surface area contributed by atoms with Gasteiger partial charge in [-0.3, -0.25) is 4.79 Å². The number of carboxylic acid groups (broad SMARTS) is 1. The molecule has 11 heteroatoms. The first-order valence-electron chi connectivity index (χ1n) is 10.5. The van der Waals surface area contributed by atoms with Gasteiger partial charge in [0.05, 0.1) is 24.2 Å². The molecule has 3 rings (SSSR count). The zero-order valence-electron chi connectivity index (χ0n) is 19.2. The van der Waals surface area contributed by atoms with Gasteiger partial charge >= 0.3 is 12.1 Å². The van der Waals surface area contributed by atoms with Crippen molar-refractivity contribution in [1.29, 1.82) is 0 Å². The lowest BCUT2D eigenvalue weighted by atomic mass is 10.0. The summed E-state index contributed by atoms with van der Waals surface area (Å²) >= 11 is 0. The van der Waals surface area contributed by atoms with Gasteiger partial charge in [-0.05, 0) is 51.7 Å². The predicted octanol–water partition coefficient (Wildman–Crippen LogP) is 3.13. The topological polar surface area (TPSA) is 114 Å². The van der Waals surface area contributed by atoms with E-state index in [-0.39, 0.29) is 11.9 Å². The SMILES string of the molecule is Cc1ccc(C)c(CC(=O)N2CCC(n3cc(C(C)(C)N)nn3)CC2)c1.O=C(O)C(F)(F)F. The highest BCUT2D eigenvalue weighted by Gasteiger charge is 2.38. The standard InChI is InChI=1S/C20H29N5O.C2HF3O2/c1-14-5-6-15(2)16(11-14)12-19(26)24-9-7-17(8-10-24)25-13-18(22-23-25)20(3,4)21;3-2(4,5)1(6)7/h5-6,11,13,17H,7-10,12,21H2,1-4H3;(H,6,7). The van der Waals surface area contributed by atoms with Gasteiger partial charge in [0.15, 0.2) is 0 Å². The number of carbonyl (C=O) groups is 2. The first-order chi connectivity index (χ1) is 15.2. The number of aromatic nitrogens is 3. The highest BCUT2D eigenvalue weighted by Crippen LogP contribution is 2.24. The molecule has 1 aliphatic rings. The van der Waals surface area contributed by atoms with E-state index >= 15 is 0 Å². The molecular formula is C22H30F3N5O3. The Bertz CT molecular complexity index is 974. The monoisotopic (exact) mass is 469 g/mol. The molecule has 0 saturated carbocycles. The number of nitrogens with zero attached hydrogens (tertiary/aromatic N) is 4. The predicted molar refractivity (Wildman–Crippen MR) is 115 cm³/mol. The Morgan fingerprint density at radius 1 is 1.18 bits per heavy atom. The summed E-state index contributed by atoms with van der Waals surface area (Å²) in [4.78, 5) is 23.6. The number of aryl methyl sites for hydroxylation is 2. The Morgan fingerprint density at radius 2 is 1.76 bits per heavy atom. The van der Waals surface area contributed by atoms with Crippen molar-refractivity contribution in [3.63, 3.8) is 0 Å². The summed E-state index contributed by atoms with van der Waals surface area (Å²) in [7, 11) is 0. The van der Waals surface area contributed by atoms with Gasteiger partial charge in [0.25, 0.3) is 0 Å². The van der Waals surface area contributed by atoms with Crippen molar-refractivity contribution < 1.29 is 27.9 Å². The largest absolute Gasteiger partial charge is 0.490 e. The van der Waals surface area contributed by atoms with E-state index < -0.39 is 17.7 Å². The van der Waals surface area contributed by atoms with Crippen LogP contribution in [0.4, 0.5) is 13.2 Å². The molecule has 1 amide bonds. The average Bonchev–Trinajstić information content (AvgIpc) is 3.21. The number of carboxylic acids is 1. The molecule has 182 valence electrons. The number of nitrogens with two attached hydrogens (primary N) is 1. The van der Waals surface area contributed by atoms with Crippen LogP contribution in [-0.4, -0.2) is 56.1 Å². The summed E-state index contributed by atoms with van der Waals surface area (Å²) in [5.74, 6) is -2.55. The van der Waals surface area contributed by atoms with Crippen LogP contribution in [0.2, 0.25) is 0 Å². The molecule has 8 nitrogen and oxygen atoms in total. The molecule has 1 aromatic heterocycles. The van der Waals surface area contributed by atoms with Crippen LogP contribution in [0.3, 0.4) is 0 Å². The number of likely N-dealkylation sites (tertiary alicyclic amines) is 1. The third kappa shape index (κ3) is 7.55. The fourth-order valence-electron chi connectivity index (χ4n) is 3.40. The van der Waals surface area contributed by atoms with E-state index in [9.17, 15) is 18.0 Å². The van der Waals surface area contributed by atoms with Gasteiger partial charge in [-0.25, -0.2) is 9.48 Å². The lowest BCUT2D eigenvalue weighted by Crippen LogP contribution is -2.40. The van der Waals surface area contributed by atoms with E-state index in [1.165, 1.54) is 11.1 Å². The van der Waals surface area contributed by atoms with Gasteiger partial charge in [-0.15, -0.1) is 5.10 Å². The summed E-state index contributed by atoms with van der Waals surface area (Å²) in [5.41, 5.74) is 9.90. The minimum atomic E-state index is -5.08. The Kier molecular flexibility index (Phi) is 8.23. The second kappa shape index (κ2) is 10.3. The number of amides is 1. The van der Waals surface area contributed by atoms with Crippen molar-refractivity contribution in [2.75, 3.05) is 13.1 Å². The van der Waals surface area contributed by atoms with Gasteiger partial charge in [-0.1, -0.05) is 29.0 Å². The maximum atomic E-state index is 12.7. The quantitative estimate of drug-likeness (QED) is 0.711. The van der Waals surface area contributed by atoms with Crippen molar-refractivity contribution in [2.45, 2.75) is 64.7 Å². The van der Waals surface area contributed by atoms with Gasteiger partial charge in [0.1, 0.15) is 5.69 Å². The van der Waals surface area contributed by atoms with Crippen LogP contribution in [0, 0.1) is 13.8 Å². The molecule has 2 heterocycles. The molecule has 33 heavy (non-hydrogen) atoms. The van der Waals surface area contributed by atoms with Crippen LogP contribution in [0.15, 0.2) is 24.4 Å². The van der Waals surface area contributed by atoms with Crippen molar-refractivity contribution in [3.8, 4) is 0 Å². The summed E-state index contributed by atoms with van der Waals surface area (Å²) in [5, 5.41) is 15.6. The Morgan fingerprint density at radius 3 is 2.24 bits per heavy atom. The van der Waals surface area contributed by atoms with E-state index in [1.807, 2.05) is 29.6 Å². The second-order valence-electron chi connectivity index (χ2n) is 8.83. The Balaban J connectivity index is 0.000000479. The number of halogens is 3. The van der Waals surface area contributed by atoms with Crippen molar-refractivity contribution >= 4 is 11.9 Å². The summed E-state index contributed by atoms with van der Waals surface area (Å²) in [6, 6.07) is 6.57. The highest BCUT2D eigenvalue weighted by atomic mass is 19.4.